The summed E-state index contributed by atoms with van der Waals surface area (Å²) < 4.78 is 12.5. The zero-order chi connectivity index (χ0) is 10.4. The van der Waals surface area contributed by atoms with E-state index in [0.29, 0.717) is 0 Å². The van der Waals surface area contributed by atoms with Crippen molar-refractivity contribution in [1.82, 2.24) is 5.32 Å². The topological polar surface area (TPSA) is 52.9 Å². The van der Waals surface area contributed by atoms with Crippen LogP contribution in [0.25, 0.3) is 0 Å². The van der Waals surface area contributed by atoms with E-state index in [1.54, 1.807) is 18.2 Å². The van der Waals surface area contributed by atoms with Crippen LogP contribution in [-0.4, -0.2) is 12.5 Å². The Balaban J connectivity index is 2.49. The molecule has 0 saturated carbocycles. The first kappa shape index (κ1) is 10.2. The Kier molecular flexibility index (Phi) is 3.62. The summed E-state index contributed by atoms with van der Waals surface area (Å²) in [5, 5.41) is 10.6. The molecule has 0 radical (unpaired) electrons. The Morgan fingerprint density at radius 3 is 2.64 bits per heavy atom. The van der Waals surface area contributed by atoms with Crippen LogP contribution in [0, 0.1) is 17.1 Å². The van der Waals surface area contributed by atoms with Crippen molar-refractivity contribution >= 4 is 5.91 Å². The number of hydrogen-bond donors (Lipinski definition) is 1. The summed E-state index contributed by atoms with van der Waals surface area (Å²) in [6.07, 6.45) is 0.169. The van der Waals surface area contributed by atoms with Gasteiger partial charge in [-0.05, 0) is 17.7 Å². The third-order valence-corrected chi connectivity index (χ3v) is 1.64. The number of halogens is 1. The van der Waals surface area contributed by atoms with Gasteiger partial charge in [-0.1, -0.05) is 12.1 Å². The number of nitrogens with one attached hydrogen (secondary N) is 1. The predicted octanol–water partition coefficient (Wildman–Crippen LogP) is 1.01. The van der Waals surface area contributed by atoms with E-state index in [1.807, 2.05) is 0 Å². The maximum atomic E-state index is 12.5. The van der Waals surface area contributed by atoms with E-state index >= 15 is 0 Å². The molecule has 0 unspecified atom stereocenters. The van der Waals surface area contributed by atoms with E-state index < -0.39 is 0 Å². The number of carbonyl (C=O) groups excluding carboxylic acids is 1. The van der Waals surface area contributed by atoms with E-state index in [9.17, 15) is 9.18 Å². The van der Waals surface area contributed by atoms with Gasteiger partial charge < -0.3 is 5.32 Å². The molecule has 0 aromatic heterocycles. The molecular weight excluding hydrogens is 183 g/mol. The van der Waals surface area contributed by atoms with Crippen molar-refractivity contribution < 1.29 is 9.18 Å². The Bertz CT molecular complexity index is 353. The highest BCUT2D eigenvalue weighted by Crippen LogP contribution is 2.02. The molecule has 1 amide bonds. The van der Waals surface area contributed by atoms with Crippen LogP contribution in [0.2, 0.25) is 0 Å². The SMILES string of the molecule is N#CCNC(=O)Cc1ccc(F)cc1. The van der Waals surface area contributed by atoms with Crippen LogP contribution in [-0.2, 0) is 11.2 Å². The van der Waals surface area contributed by atoms with E-state index in [-0.39, 0.29) is 24.7 Å². The number of nitrogens with zero attached hydrogens (tertiary/aromatic N) is 1. The summed E-state index contributed by atoms with van der Waals surface area (Å²) in [6, 6.07) is 7.48. The zero-order valence-corrected chi connectivity index (χ0v) is 7.46. The fraction of sp³-hybridized carbons (Fsp3) is 0.200. The second kappa shape index (κ2) is 4.97. The second-order valence-corrected chi connectivity index (χ2v) is 2.74. The lowest BCUT2D eigenvalue weighted by molar-refractivity contribution is -0.120. The van der Waals surface area contributed by atoms with Crippen molar-refractivity contribution in [3.63, 3.8) is 0 Å². The van der Waals surface area contributed by atoms with Gasteiger partial charge in [0.2, 0.25) is 5.91 Å². The lowest BCUT2D eigenvalue weighted by Gasteiger charge is -2.00. The molecule has 72 valence electrons. The minimum absolute atomic E-state index is 0.0000278. The smallest absolute Gasteiger partial charge is 0.225 e. The molecule has 14 heavy (non-hydrogen) atoms. The zero-order valence-electron chi connectivity index (χ0n) is 7.46. The first-order chi connectivity index (χ1) is 6.72. The number of amides is 1. The molecule has 0 aliphatic carbocycles. The molecule has 0 atom stereocenters. The van der Waals surface area contributed by atoms with Crippen LogP contribution < -0.4 is 5.32 Å². The largest absolute Gasteiger partial charge is 0.343 e. The highest BCUT2D eigenvalue weighted by atomic mass is 19.1. The van der Waals surface area contributed by atoms with E-state index in [4.69, 9.17) is 5.26 Å². The molecule has 0 spiro atoms. The first-order valence-electron chi connectivity index (χ1n) is 4.10. The number of carbonyl (C=O) groups is 1. The predicted molar refractivity (Wildman–Crippen MR) is 48.7 cm³/mol. The van der Waals surface area contributed by atoms with Gasteiger partial charge in [0.1, 0.15) is 12.4 Å². The summed E-state index contributed by atoms with van der Waals surface area (Å²) >= 11 is 0. The van der Waals surface area contributed by atoms with Gasteiger partial charge in [-0.3, -0.25) is 4.79 Å². The molecule has 0 bridgehead atoms. The third-order valence-electron chi connectivity index (χ3n) is 1.64. The highest BCUT2D eigenvalue weighted by molar-refractivity contribution is 5.78. The highest BCUT2D eigenvalue weighted by Gasteiger charge is 2.01. The van der Waals surface area contributed by atoms with Crippen LogP contribution in [0.15, 0.2) is 24.3 Å². The lowest BCUT2D eigenvalue weighted by Crippen LogP contribution is -2.25. The molecule has 0 heterocycles. The van der Waals surface area contributed by atoms with Crippen LogP contribution in [0.5, 0.6) is 0 Å². The van der Waals surface area contributed by atoms with Crippen LogP contribution in [0.3, 0.4) is 0 Å². The fourth-order valence-electron chi connectivity index (χ4n) is 0.988. The van der Waals surface area contributed by atoms with Crippen molar-refractivity contribution in [1.29, 1.82) is 5.26 Å². The number of rotatable bonds is 3. The average Bonchev–Trinajstić information content (AvgIpc) is 2.18. The minimum atomic E-state index is -0.328. The molecule has 1 rings (SSSR count). The van der Waals surface area contributed by atoms with Gasteiger partial charge in [0.15, 0.2) is 0 Å². The lowest BCUT2D eigenvalue weighted by atomic mass is 10.1. The summed E-state index contributed by atoms with van der Waals surface area (Å²) in [6.45, 7) is 0.0000278. The van der Waals surface area contributed by atoms with E-state index in [0.717, 1.165) is 5.56 Å². The van der Waals surface area contributed by atoms with Crippen LogP contribution >= 0.6 is 0 Å². The van der Waals surface area contributed by atoms with Gasteiger partial charge in [-0.2, -0.15) is 5.26 Å². The molecular formula is C10H9FN2O. The molecule has 1 aromatic rings. The minimum Gasteiger partial charge on any atom is -0.343 e. The summed E-state index contributed by atoms with van der Waals surface area (Å²) in [7, 11) is 0. The van der Waals surface area contributed by atoms with Gasteiger partial charge in [0.25, 0.3) is 0 Å². The molecule has 0 aliphatic heterocycles. The van der Waals surface area contributed by atoms with E-state index in [2.05, 4.69) is 5.32 Å². The molecule has 4 heteroatoms. The first-order valence-corrected chi connectivity index (χ1v) is 4.10. The molecule has 0 saturated heterocycles. The number of nitriles is 1. The summed E-state index contributed by atoms with van der Waals surface area (Å²) in [5.41, 5.74) is 0.724. The number of hydrogen-bond acceptors (Lipinski definition) is 2. The van der Waals surface area contributed by atoms with Crippen LogP contribution in [0.4, 0.5) is 4.39 Å². The summed E-state index contributed by atoms with van der Waals surface area (Å²) in [5.74, 6) is -0.565. The Labute approximate surface area is 81.2 Å². The second-order valence-electron chi connectivity index (χ2n) is 2.74. The summed E-state index contributed by atoms with van der Waals surface area (Å²) in [4.78, 5) is 11.1. The van der Waals surface area contributed by atoms with Crippen molar-refractivity contribution in [3.05, 3.63) is 35.6 Å². The number of benzene rings is 1. The van der Waals surface area contributed by atoms with Gasteiger partial charge in [-0.15, -0.1) is 0 Å². The van der Waals surface area contributed by atoms with E-state index in [1.165, 1.54) is 12.1 Å². The Morgan fingerprint density at radius 2 is 2.07 bits per heavy atom. The van der Waals surface area contributed by atoms with Crippen molar-refractivity contribution in [2.24, 2.45) is 0 Å². The van der Waals surface area contributed by atoms with Gasteiger partial charge in [-0.25, -0.2) is 4.39 Å². The average molecular weight is 192 g/mol. The molecule has 0 aliphatic rings. The van der Waals surface area contributed by atoms with Gasteiger partial charge >= 0.3 is 0 Å². The molecule has 3 nitrogen and oxygen atoms in total. The normalized spacial score (nSPS) is 9.14. The monoisotopic (exact) mass is 192 g/mol. The molecule has 0 fully saturated rings. The maximum Gasteiger partial charge on any atom is 0.225 e. The fourth-order valence-corrected chi connectivity index (χ4v) is 0.988. The van der Waals surface area contributed by atoms with Crippen molar-refractivity contribution in [2.45, 2.75) is 6.42 Å². The van der Waals surface area contributed by atoms with Crippen LogP contribution in [0.1, 0.15) is 5.56 Å². The quantitative estimate of drug-likeness (QED) is 0.726. The molecule has 1 aromatic carbocycles. The van der Waals surface area contributed by atoms with Gasteiger partial charge in [0, 0.05) is 0 Å². The Morgan fingerprint density at radius 1 is 1.43 bits per heavy atom. The van der Waals surface area contributed by atoms with Crippen molar-refractivity contribution in [2.75, 3.05) is 6.54 Å². The third kappa shape index (κ3) is 3.23. The maximum absolute atomic E-state index is 12.5. The standard InChI is InChI=1S/C10H9FN2O/c11-9-3-1-8(2-4-9)7-10(14)13-6-5-12/h1-4H,6-7H2,(H,13,14). The Hall–Kier alpha value is -1.89. The molecule has 1 N–H and O–H groups in total. The van der Waals surface area contributed by atoms with Crippen molar-refractivity contribution in [3.8, 4) is 6.07 Å². The van der Waals surface area contributed by atoms with Gasteiger partial charge in [0.05, 0.1) is 12.5 Å².